The Hall–Kier alpha value is -2.22. The summed E-state index contributed by atoms with van der Waals surface area (Å²) in [5.74, 6) is -0.778. The molecule has 1 aromatic carbocycles. The Balaban J connectivity index is 2.10. The molecule has 0 aliphatic rings. The van der Waals surface area contributed by atoms with Crippen molar-refractivity contribution in [3.63, 3.8) is 0 Å². The van der Waals surface area contributed by atoms with Crippen LogP contribution in [0.3, 0.4) is 0 Å². The Morgan fingerprint density at radius 3 is 2.62 bits per heavy atom. The van der Waals surface area contributed by atoms with Crippen LogP contribution >= 0.6 is 22.9 Å². The van der Waals surface area contributed by atoms with Gasteiger partial charge < -0.3 is 15.5 Å². The molecule has 0 bridgehead atoms. The number of nitrogens with zero attached hydrogens (tertiary/aromatic N) is 2. The molecule has 6 nitrogen and oxygen atoms in total. The van der Waals surface area contributed by atoms with Crippen LogP contribution in [-0.2, 0) is 4.79 Å². The van der Waals surface area contributed by atoms with E-state index in [0.717, 1.165) is 21.3 Å². The number of aliphatic hydroxyl groups is 1. The molecule has 0 fully saturated rings. The average Bonchev–Trinajstić information content (AvgIpc) is 2.97. The second kappa shape index (κ2) is 6.72. The highest BCUT2D eigenvalue weighted by Crippen LogP contribution is 2.37. The number of rotatable bonds is 5. The number of halogens is 1. The van der Waals surface area contributed by atoms with E-state index in [0.29, 0.717) is 10.8 Å². The van der Waals surface area contributed by atoms with Crippen LogP contribution in [0.25, 0.3) is 21.3 Å². The maximum atomic E-state index is 11.3. The molecule has 3 N–H and O–H groups in total. The van der Waals surface area contributed by atoms with Crippen molar-refractivity contribution in [1.29, 1.82) is 0 Å². The first-order valence-electron chi connectivity index (χ1n) is 7.13. The maximum absolute atomic E-state index is 11.3. The molecule has 3 rings (SSSR count). The number of aromatic nitrogens is 2. The first-order valence-corrected chi connectivity index (χ1v) is 8.38. The first-order chi connectivity index (χ1) is 11.5. The summed E-state index contributed by atoms with van der Waals surface area (Å²) >= 11 is 7.37. The van der Waals surface area contributed by atoms with E-state index in [1.165, 1.54) is 24.6 Å². The summed E-state index contributed by atoms with van der Waals surface area (Å²) < 4.78 is 0. The van der Waals surface area contributed by atoms with Crippen LogP contribution < -0.4 is 5.32 Å². The first kappa shape index (κ1) is 16.6. The fourth-order valence-electron chi connectivity index (χ4n) is 2.36. The minimum absolute atomic E-state index is 0.375. The van der Waals surface area contributed by atoms with Gasteiger partial charge >= 0.3 is 5.97 Å². The van der Waals surface area contributed by atoms with E-state index >= 15 is 0 Å². The molecule has 124 valence electrons. The Bertz CT molecular complexity index is 880. The summed E-state index contributed by atoms with van der Waals surface area (Å²) in [6.45, 7) is 1.41. The summed E-state index contributed by atoms with van der Waals surface area (Å²) in [6, 6.07) is 6.16. The van der Waals surface area contributed by atoms with Gasteiger partial charge in [-0.15, -0.1) is 11.3 Å². The zero-order valence-electron chi connectivity index (χ0n) is 12.6. The Labute approximate surface area is 146 Å². The molecule has 0 saturated heterocycles. The molecule has 8 heteroatoms. The number of carboxylic acids is 1. The van der Waals surface area contributed by atoms with Crippen molar-refractivity contribution >= 4 is 44.9 Å². The summed E-state index contributed by atoms with van der Waals surface area (Å²) in [5.41, 5.74) is 1.80. The number of carbonyl (C=O) groups is 1. The predicted octanol–water partition coefficient (Wildman–Crippen LogP) is 3.26. The van der Waals surface area contributed by atoms with Crippen molar-refractivity contribution in [2.75, 3.05) is 5.32 Å². The standard InChI is InChI=1S/C16H14ClN3O3S/c1-8(21)13(16(22)23)20-14-12-11(6-24-15(12)19-7-18-14)9-2-4-10(17)5-3-9/h2-8,13,21H,1H3,(H,22,23)(H,18,19,20). The number of carboxylic acid groups (broad SMARTS) is 1. The number of nitrogens with one attached hydrogen (secondary N) is 1. The predicted molar refractivity (Wildman–Crippen MR) is 94.6 cm³/mol. The van der Waals surface area contributed by atoms with Crippen molar-refractivity contribution < 1.29 is 15.0 Å². The number of aliphatic carboxylic acids is 1. The van der Waals surface area contributed by atoms with Crippen molar-refractivity contribution in [3.05, 3.63) is 41.0 Å². The summed E-state index contributed by atoms with van der Waals surface area (Å²) in [7, 11) is 0. The number of thiophene rings is 1. The molecule has 3 aromatic rings. The van der Waals surface area contributed by atoms with E-state index in [9.17, 15) is 15.0 Å². The van der Waals surface area contributed by atoms with Gasteiger partial charge in [-0.25, -0.2) is 14.8 Å². The lowest BCUT2D eigenvalue weighted by Crippen LogP contribution is -2.39. The number of fused-ring (bicyclic) bond motifs is 1. The van der Waals surface area contributed by atoms with E-state index in [2.05, 4.69) is 15.3 Å². The van der Waals surface area contributed by atoms with Crippen LogP contribution in [-0.4, -0.2) is 38.3 Å². The highest BCUT2D eigenvalue weighted by Gasteiger charge is 2.25. The average molecular weight is 364 g/mol. The van der Waals surface area contributed by atoms with E-state index in [1.807, 2.05) is 17.5 Å². The molecule has 2 heterocycles. The van der Waals surface area contributed by atoms with Gasteiger partial charge in [-0.1, -0.05) is 23.7 Å². The topological polar surface area (TPSA) is 95.3 Å². The smallest absolute Gasteiger partial charge is 0.328 e. The molecule has 2 atom stereocenters. The van der Waals surface area contributed by atoms with Gasteiger partial charge in [0.25, 0.3) is 0 Å². The number of hydrogen-bond acceptors (Lipinski definition) is 6. The molecule has 24 heavy (non-hydrogen) atoms. The van der Waals surface area contributed by atoms with Crippen molar-refractivity contribution in [2.45, 2.75) is 19.1 Å². The Morgan fingerprint density at radius 2 is 2.00 bits per heavy atom. The molecular formula is C16H14ClN3O3S. The van der Waals surface area contributed by atoms with E-state index in [4.69, 9.17) is 11.6 Å². The second-order valence-electron chi connectivity index (χ2n) is 5.26. The number of aliphatic hydroxyl groups excluding tert-OH is 1. The third-order valence-electron chi connectivity index (χ3n) is 3.57. The minimum Gasteiger partial charge on any atom is -0.480 e. The zero-order valence-corrected chi connectivity index (χ0v) is 14.2. The van der Waals surface area contributed by atoms with Gasteiger partial charge in [0, 0.05) is 16.0 Å². The summed E-state index contributed by atoms with van der Waals surface area (Å²) in [5, 5.41) is 25.0. The van der Waals surface area contributed by atoms with Gasteiger partial charge in [0.15, 0.2) is 6.04 Å². The normalized spacial score (nSPS) is 13.6. The molecule has 0 spiro atoms. The van der Waals surface area contributed by atoms with Gasteiger partial charge in [-0.05, 0) is 24.6 Å². The van der Waals surface area contributed by atoms with Crippen LogP contribution in [0.2, 0.25) is 5.02 Å². The number of anilines is 1. The van der Waals surface area contributed by atoms with Crippen LogP contribution in [0.4, 0.5) is 5.82 Å². The number of benzene rings is 1. The third kappa shape index (κ3) is 3.19. The maximum Gasteiger partial charge on any atom is 0.328 e. The molecule has 2 aromatic heterocycles. The fraction of sp³-hybridized carbons (Fsp3) is 0.188. The minimum atomic E-state index is -1.17. The monoisotopic (exact) mass is 363 g/mol. The highest BCUT2D eigenvalue weighted by atomic mass is 35.5. The largest absolute Gasteiger partial charge is 0.480 e. The third-order valence-corrected chi connectivity index (χ3v) is 4.70. The summed E-state index contributed by atoms with van der Waals surface area (Å²) in [4.78, 5) is 20.5. The molecule has 0 radical (unpaired) electrons. The number of hydrogen-bond donors (Lipinski definition) is 3. The zero-order chi connectivity index (χ0) is 17.3. The Kier molecular flexibility index (Phi) is 4.66. The molecule has 0 amide bonds. The second-order valence-corrected chi connectivity index (χ2v) is 6.55. The van der Waals surface area contributed by atoms with Crippen molar-refractivity contribution in [1.82, 2.24) is 9.97 Å². The van der Waals surface area contributed by atoms with Crippen LogP contribution in [0.1, 0.15) is 6.92 Å². The van der Waals surface area contributed by atoms with Crippen molar-refractivity contribution in [2.24, 2.45) is 0 Å². The molecular weight excluding hydrogens is 350 g/mol. The van der Waals surface area contributed by atoms with E-state index < -0.39 is 18.1 Å². The van der Waals surface area contributed by atoms with E-state index in [1.54, 1.807) is 12.1 Å². The molecule has 0 saturated carbocycles. The van der Waals surface area contributed by atoms with Gasteiger partial charge in [-0.3, -0.25) is 0 Å². The van der Waals surface area contributed by atoms with Crippen LogP contribution in [0, 0.1) is 0 Å². The van der Waals surface area contributed by atoms with Gasteiger partial charge in [0.05, 0.1) is 11.5 Å². The lowest BCUT2D eigenvalue weighted by atomic mass is 10.1. The molecule has 0 aliphatic carbocycles. The molecule has 0 aliphatic heterocycles. The molecule has 2 unspecified atom stereocenters. The highest BCUT2D eigenvalue weighted by molar-refractivity contribution is 7.17. The SMILES string of the molecule is CC(O)C(Nc1ncnc2scc(-c3ccc(Cl)cc3)c12)C(=O)O. The lowest BCUT2D eigenvalue weighted by molar-refractivity contribution is -0.140. The lowest BCUT2D eigenvalue weighted by Gasteiger charge is -2.18. The van der Waals surface area contributed by atoms with Crippen LogP contribution in [0.15, 0.2) is 36.0 Å². The summed E-state index contributed by atoms with van der Waals surface area (Å²) in [6.07, 6.45) is 0.290. The Morgan fingerprint density at radius 1 is 1.29 bits per heavy atom. The van der Waals surface area contributed by atoms with Gasteiger partial charge in [-0.2, -0.15) is 0 Å². The van der Waals surface area contributed by atoms with E-state index in [-0.39, 0.29) is 0 Å². The van der Waals surface area contributed by atoms with Gasteiger partial charge in [0.2, 0.25) is 0 Å². The quantitative estimate of drug-likeness (QED) is 0.644. The van der Waals surface area contributed by atoms with Crippen LogP contribution in [0.5, 0.6) is 0 Å². The van der Waals surface area contributed by atoms with Crippen molar-refractivity contribution in [3.8, 4) is 11.1 Å². The van der Waals surface area contributed by atoms with Gasteiger partial charge in [0.1, 0.15) is 17.0 Å². The fourth-order valence-corrected chi connectivity index (χ4v) is 3.40.